The first-order chi connectivity index (χ1) is 10.7. The minimum absolute atomic E-state index is 0.0525. The summed E-state index contributed by atoms with van der Waals surface area (Å²) in [5, 5.41) is 0. The van der Waals surface area contributed by atoms with Crippen molar-refractivity contribution >= 4 is 11.6 Å². The van der Waals surface area contributed by atoms with Gasteiger partial charge in [-0.3, -0.25) is 9.59 Å². The molecule has 0 fully saturated rings. The average Bonchev–Trinajstić information content (AvgIpc) is 2.56. The van der Waals surface area contributed by atoms with Crippen LogP contribution in [0.2, 0.25) is 0 Å². The number of Topliss-reactive ketones (excluding diaryl/α,β-unsaturated/α-hetero) is 2. The zero-order valence-corrected chi connectivity index (χ0v) is 12.1. The fourth-order valence-corrected chi connectivity index (χ4v) is 2.35. The molecule has 3 rings (SSSR count). The molecule has 0 unspecified atom stereocenters. The van der Waals surface area contributed by atoms with E-state index in [9.17, 15) is 9.59 Å². The zero-order valence-electron chi connectivity index (χ0n) is 12.1. The van der Waals surface area contributed by atoms with Crippen LogP contribution in [0.4, 0.5) is 0 Å². The maximum Gasteiger partial charge on any atom is 0.163 e. The number of fused-ring (bicyclic) bond motifs is 4. The van der Waals surface area contributed by atoms with E-state index in [1.165, 1.54) is 0 Å². The van der Waals surface area contributed by atoms with Gasteiger partial charge in [0.15, 0.2) is 11.6 Å². The summed E-state index contributed by atoms with van der Waals surface area (Å²) >= 11 is 0. The molecule has 1 heterocycles. The molecule has 2 aromatic rings. The molecule has 0 atom stereocenters. The normalized spacial score (nSPS) is 15.5. The van der Waals surface area contributed by atoms with Crippen LogP contribution >= 0.6 is 0 Å². The third kappa shape index (κ3) is 3.34. The van der Waals surface area contributed by atoms with Crippen molar-refractivity contribution in [3.8, 4) is 11.5 Å². The first-order valence-corrected chi connectivity index (χ1v) is 7.24. The second kappa shape index (κ2) is 6.43. The number of ketones is 2. The van der Waals surface area contributed by atoms with Gasteiger partial charge in [0, 0.05) is 24.0 Å². The number of carbonyl (C=O) groups excluding carboxylic acids is 2. The quantitative estimate of drug-likeness (QED) is 0.748. The van der Waals surface area contributed by atoms with E-state index in [1.54, 1.807) is 48.5 Å². The molecule has 1 aliphatic heterocycles. The second-order valence-corrected chi connectivity index (χ2v) is 5.10. The Morgan fingerprint density at radius 2 is 1.14 bits per heavy atom. The molecular weight excluding hydrogens is 280 g/mol. The Labute approximate surface area is 128 Å². The molecule has 112 valence electrons. The molecule has 4 nitrogen and oxygen atoms in total. The number of carbonyl (C=O) groups is 2. The van der Waals surface area contributed by atoms with Gasteiger partial charge in [-0.1, -0.05) is 24.3 Å². The third-order valence-electron chi connectivity index (χ3n) is 3.51. The van der Waals surface area contributed by atoms with Gasteiger partial charge in [0.1, 0.15) is 24.7 Å². The number of hydrogen-bond donors (Lipinski definition) is 0. The van der Waals surface area contributed by atoms with Crippen molar-refractivity contribution < 1.29 is 19.1 Å². The van der Waals surface area contributed by atoms with Crippen LogP contribution in [0.5, 0.6) is 11.5 Å². The van der Waals surface area contributed by atoms with E-state index in [0.717, 1.165) is 0 Å². The summed E-state index contributed by atoms with van der Waals surface area (Å²) in [5.41, 5.74) is 1.13. The van der Waals surface area contributed by atoms with Gasteiger partial charge in [0.2, 0.25) is 0 Å². The minimum Gasteiger partial charge on any atom is -0.490 e. The maximum atomic E-state index is 12.2. The van der Waals surface area contributed by atoms with Crippen molar-refractivity contribution in [1.82, 2.24) is 0 Å². The van der Waals surface area contributed by atoms with Crippen molar-refractivity contribution in [3.05, 3.63) is 59.7 Å². The van der Waals surface area contributed by atoms with Gasteiger partial charge in [-0.2, -0.15) is 0 Å². The lowest BCUT2D eigenvalue weighted by Gasteiger charge is -2.11. The molecule has 2 aromatic carbocycles. The lowest BCUT2D eigenvalue weighted by Crippen LogP contribution is -2.11. The molecule has 4 bridgehead atoms. The van der Waals surface area contributed by atoms with Gasteiger partial charge >= 0.3 is 0 Å². The molecule has 1 aliphatic rings. The third-order valence-corrected chi connectivity index (χ3v) is 3.51. The Balaban J connectivity index is 1.86. The highest BCUT2D eigenvalue weighted by molar-refractivity contribution is 6.02. The van der Waals surface area contributed by atoms with E-state index in [-0.39, 0.29) is 24.4 Å². The molecule has 0 radical (unpaired) electrons. The van der Waals surface area contributed by atoms with Crippen molar-refractivity contribution in [2.45, 2.75) is 12.8 Å². The highest BCUT2D eigenvalue weighted by Gasteiger charge is 2.13. The molecule has 0 saturated heterocycles. The highest BCUT2D eigenvalue weighted by Crippen LogP contribution is 2.19. The van der Waals surface area contributed by atoms with E-state index in [4.69, 9.17) is 9.47 Å². The Morgan fingerprint density at radius 1 is 0.682 bits per heavy atom. The Kier molecular flexibility index (Phi) is 4.19. The van der Waals surface area contributed by atoms with Crippen molar-refractivity contribution in [2.24, 2.45) is 0 Å². The van der Waals surface area contributed by atoms with Crippen LogP contribution in [-0.2, 0) is 0 Å². The SMILES string of the molecule is O=C1CCC(=O)c2cccc(c2)OCCOc2cccc1c2. The predicted molar refractivity (Wildman–Crippen MR) is 81.8 cm³/mol. The number of ether oxygens (including phenoxy) is 2. The monoisotopic (exact) mass is 296 g/mol. The number of hydrogen-bond acceptors (Lipinski definition) is 4. The van der Waals surface area contributed by atoms with Gasteiger partial charge in [-0.15, -0.1) is 0 Å². The lowest BCUT2D eigenvalue weighted by molar-refractivity contribution is 0.0917. The van der Waals surface area contributed by atoms with Crippen LogP contribution in [0.15, 0.2) is 48.5 Å². The maximum absolute atomic E-state index is 12.2. The van der Waals surface area contributed by atoms with Gasteiger partial charge in [-0.25, -0.2) is 0 Å². The molecule has 0 aromatic heterocycles. The van der Waals surface area contributed by atoms with E-state index >= 15 is 0 Å². The highest BCUT2D eigenvalue weighted by atomic mass is 16.5. The van der Waals surface area contributed by atoms with Crippen LogP contribution in [0.1, 0.15) is 33.6 Å². The summed E-state index contributed by atoms with van der Waals surface area (Å²) in [6.07, 6.45) is 0.376. The summed E-state index contributed by atoms with van der Waals surface area (Å²) < 4.78 is 11.2. The number of benzene rings is 2. The smallest absolute Gasteiger partial charge is 0.163 e. The molecular formula is C18H16O4. The van der Waals surface area contributed by atoms with E-state index in [1.807, 2.05) is 0 Å². The van der Waals surface area contributed by atoms with E-state index < -0.39 is 0 Å². The second-order valence-electron chi connectivity index (χ2n) is 5.10. The van der Waals surface area contributed by atoms with Crippen LogP contribution in [0.25, 0.3) is 0 Å². The summed E-state index contributed by atoms with van der Waals surface area (Å²) in [4.78, 5) is 24.4. The minimum atomic E-state index is -0.0525. The Morgan fingerprint density at radius 3 is 1.59 bits per heavy atom. The molecule has 0 saturated carbocycles. The number of rotatable bonds is 0. The first kappa shape index (κ1) is 14.3. The van der Waals surface area contributed by atoms with Crippen molar-refractivity contribution in [1.29, 1.82) is 0 Å². The summed E-state index contributed by atoms with van der Waals surface area (Å²) in [7, 11) is 0. The fraction of sp³-hybridized carbons (Fsp3) is 0.222. The van der Waals surface area contributed by atoms with E-state index in [0.29, 0.717) is 35.8 Å². The average molecular weight is 296 g/mol. The van der Waals surface area contributed by atoms with Crippen molar-refractivity contribution in [3.63, 3.8) is 0 Å². The van der Waals surface area contributed by atoms with Crippen molar-refractivity contribution in [2.75, 3.05) is 13.2 Å². The zero-order chi connectivity index (χ0) is 15.4. The van der Waals surface area contributed by atoms with Gasteiger partial charge in [0.25, 0.3) is 0 Å². The molecule has 22 heavy (non-hydrogen) atoms. The van der Waals surface area contributed by atoms with Crippen LogP contribution in [0, 0.1) is 0 Å². The van der Waals surface area contributed by atoms with Gasteiger partial charge in [0.05, 0.1) is 0 Å². The molecule has 4 heteroatoms. The summed E-state index contributed by atoms with van der Waals surface area (Å²) in [6.45, 7) is 0.742. The first-order valence-electron chi connectivity index (χ1n) is 7.24. The van der Waals surface area contributed by atoms with Gasteiger partial charge < -0.3 is 9.47 Å². The predicted octanol–water partition coefficient (Wildman–Crippen LogP) is 3.30. The molecule has 0 spiro atoms. The molecule has 0 amide bonds. The van der Waals surface area contributed by atoms with Crippen LogP contribution < -0.4 is 9.47 Å². The van der Waals surface area contributed by atoms with Gasteiger partial charge in [-0.05, 0) is 24.3 Å². The largest absolute Gasteiger partial charge is 0.490 e. The lowest BCUT2D eigenvalue weighted by atomic mass is 10.0. The molecule has 0 aliphatic carbocycles. The Bertz CT molecular complexity index is 644. The summed E-state index contributed by atoms with van der Waals surface area (Å²) in [5.74, 6) is 1.16. The fourth-order valence-electron chi connectivity index (χ4n) is 2.35. The Hall–Kier alpha value is -2.62. The summed E-state index contributed by atoms with van der Waals surface area (Å²) in [6, 6.07) is 14.0. The van der Waals surface area contributed by atoms with Crippen LogP contribution in [-0.4, -0.2) is 24.8 Å². The standard InChI is InChI=1S/C18H16O4/c19-17-7-8-18(20)14-4-2-6-16(12-14)22-10-9-21-15-5-1-3-13(17)11-15/h1-6,11-12H,7-10H2. The van der Waals surface area contributed by atoms with Crippen LogP contribution in [0.3, 0.4) is 0 Å². The molecule has 0 N–H and O–H groups in total. The van der Waals surface area contributed by atoms with E-state index in [2.05, 4.69) is 0 Å². The topological polar surface area (TPSA) is 52.6 Å².